The molecule has 0 radical (unpaired) electrons. The van der Waals surface area contributed by atoms with Gasteiger partial charge in [-0.2, -0.15) is 0 Å². The molecule has 0 spiro atoms. The van der Waals surface area contributed by atoms with Crippen LogP contribution in [-0.4, -0.2) is 62.2 Å². The van der Waals surface area contributed by atoms with Crippen molar-refractivity contribution in [2.75, 3.05) is 31.5 Å². The van der Waals surface area contributed by atoms with Gasteiger partial charge in [0.1, 0.15) is 11.4 Å². The number of rotatable bonds is 6. The van der Waals surface area contributed by atoms with E-state index in [0.29, 0.717) is 19.6 Å². The predicted octanol–water partition coefficient (Wildman–Crippen LogP) is 5.11. The number of thiophene rings is 1. The van der Waals surface area contributed by atoms with Crippen molar-refractivity contribution in [3.05, 3.63) is 75.9 Å². The van der Waals surface area contributed by atoms with Crippen LogP contribution in [0.25, 0.3) is 21.2 Å². The largest absolute Gasteiger partial charge is 0.444 e. The number of hydrogen-bond donors (Lipinski definition) is 1. The Bertz CT molecular complexity index is 1540. The summed E-state index contributed by atoms with van der Waals surface area (Å²) in [6.07, 6.45) is 6.10. The number of carbonyl (C=O) groups is 1. The number of ether oxygens (including phenoxy) is 1. The highest BCUT2D eigenvalue weighted by Gasteiger charge is 2.25. The normalized spacial score (nSPS) is 14.8. The smallest absolute Gasteiger partial charge is 0.410 e. The standard InChI is InChI=1S/C30H36N6O3S/c1-30(2,3)39-29(38)36-13-7-12-35(14-15-36)19-23-17-24-27(40-23)25(20-34(4)28(24)37)21-9-11-32-26(16-21)33-18-22-8-5-6-10-31-22/h5-6,8-11,16-17,20H,7,12-15,18-19H2,1-4H3,(H,32,33). The molecule has 0 atom stereocenters. The van der Waals surface area contributed by atoms with Gasteiger partial charge in [0.2, 0.25) is 0 Å². The number of fused-ring (bicyclic) bond motifs is 1. The summed E-state index contributed by atoms with van der Waals surface area (Å²) in [6, 6.07) is 11.9. The van der Waals surface area contributed by atoms with E-state index in [1.54, 1.807) is 40.2 Å². The van der Waals surface area contributed by atoms with Gasteiger partial charge in [-0.3, -0.25) is 14.7 Å². The van der Waals surface area contributed by atoms with Crippen molar-refractivity contribution in [1.29, 1.82) is 0 Å². The summed E-state index contributed by atoms with van der Waals surface area (Å²) in [5.41, 5.74) is 2.42. The van der Waals surface area contributed by atoms with Gasteiger partial charge in [0.05, 0.1) is 17.6 Å². The SMILES string of the molecule is Cn1cc(-c2ccnc(NCc3ccccn3)c2)c2sc(CN3CCCN(C(=O)OC(C)(C)C)CC3)cc2c1=O. The van der Waals surface area contributed by atoms with Gasteiger partial charge in [-0.25, -0.2) is 9.78 Å². The topological polar surface area (TPSA) is 92.6 Å². The van der Waals surface area contributed by atoms with E-state index in [1.165, 1.54) is 0 Å². The Morgan fingerprint density at radius 2 is 1.93 bits per heavy atom. The van der Waals surface area contributed by atoms with Crippen molar-refractivity contribution in [1.82, 2.24) is 24.3 Å². The Labute approximate surface area is 238 Å². The Morgan fingerprint density at radius 3 is 2.70 bits per heavy atom. The average Bonchev–Trinajstić information content (AvgIpc) is 3.20. The predicted molar refractivity (Wildman–Crippen MR) is 160 cm³/mol. The third-order valence-corrected chi connectivity index (χ3v) is 7.92. The highest BCUT2D eigenvalue weighted by molar-refractivity contribution is 7.19. The molecule has 0 saturated carbocycles. The van der Waals surface area contributed by atoms with Gasteiger partial charge in [-0.15, -0.1) is 11.3 Å². The number of anilines is 1. The molecule has 40 heavy (non-hydrogen) atoms. The molecule has 0 aromatic carbocycles. The van der Waals surface area contributed by atoms with Crippen LogP contribution in [-0.2, 0) is 24.9 Å². The molecule has 0 unspecified atom stereocenters. The number of pyridine rings is 3. The lowest BCUT2D eigenvalue weighted by molar-refractivity contribution is 0.0257. The number of nitrogens with one attached hydrogen (secondary N) is 1. The molecule has 5 heterocycles. The fourth-order valence-corrected chi connectivity index (χ4v) is 6.05. The molecule has 1 fully saturated rings. The van der Waals surface area contributed by atoms with E-state index < -0.39 is 5.60 Å². The minimum atomic E-state index is -0.505. The van der Waals surface area contributed by atoms with E-state index in [0.717, 1.165) is 63.7 Å². The average molecular weight is 561 g/mol. The molecule has 10 heteroatoms. The van der Waals surface area contributed by atoms with Crippen LogP contribution in [0, 0.1) is 0 Å². The summed E-state index contributed by atoms with van der Waals surface area (Å²) in [7, 11) is 1.80. The molecule has 4 aromatic heterocycles. The van der Waals surface area contributed by atoms with Gasteiger partial charge in [0.25, 0.3) is 5.56 Å². The third-order valence-electron chi connectivity index (χ3n) is 6.77. The molecule has 1 N–H and O–H groups in total. The van der Waals surface area contributed by atoms with Crippen LogP contribution >= 0.6 is 11.3 Å². The minimum absolute atomic E-state index is 0.00391. The van der Waals surface area contributed by atoms with E-state index in [-0.39, 0.29) is 11.7 Å². The van der Waals surface area contributed by atoms with Gasteiger partial charge in [0, 0.05) is 73.5 Å². The van der Waals surface area contributed by atoms with Gasteiger partial charge in [-0.1, -0.05) is 6.07 Å². The second-order valence-electron chi connectivity index (χ2n) is 11.1. The summed E-state index contributed by atoms with van der Waals surface area (Å²) < 4.78 is 8.20. The first-order valence-corrected chi connectivity index (χ1v) is 14.4. The molecule has 4 aromatic rings. The van der Waals surface area contributed by atoms with Gasteiger partial charge in [-0.05, 0) is 63.1 Å². The summed E-state index contributed by atoms with van der Waals surface area (Å²) in [5.74, 6) is 0.751. The Morgan fingerprint density at radius 1 is 1.07 bits per heavy atom. The van der Waals surface area contributed by atoms with Crippen LogP contribution in [0.15, 0.2) is 59.8 Å². The second-order valence-corrected chi connectivity index (χ2v) is 12.3. The van der Waals surface area contributed by atoms with E-state index in [2.05, 4.69) is 20.2 Å². The van der Waals surface area contributed by atoms with Gasteiger partial charge >= 0.3 is 6.09 Å². The highest BCUT2D eigenvalue weighted by Crippen LogP contribution is 2.34. The molecule has 1 saturated heterocycles. The first-order chi connectivity index (χ1) is 19.2. The molecule has 1 amide bonds. The molecule has 9 nitrogen and oxygen atoms in total. The van der Waals surface area contributed by atoms with Crippen molar-refractivity contribution >= 4 is 33.3 Å². The minimum Gasteiger partial charge on any atom is -0.444 e. The first-order valence-electron chi connectivity index (χ1n) is 13.6. The molecule has 1 aliphatic heterocycles. The van der Waals surface area contributed by atoms with Crippen molar-refractivity contribution < 1.29 is 9.53 Å². The zero-order chi connectivity index (χ0) is 28.3. The zero-order valence-corrected chi connectivity index (χ0v) is 24.3. The van der Waals surface area contributed by atoms with Crippen molar-refractivity contribution in [2.24, 2.45) is 7.05 Å². The number of hydrogen-bond acceptors (Lipinski definition) is 8. The number of aryl methyl sites for hydroxylation is 1. The molecule has 0 aliphatic carbocycles. The van der Waals surface area contributed by atoms with Gasteiger partial charge in [0.15, 0.2) is 0 Å². The van der Waals surface area contributed by atoms with Crippen LogP contribution in [0.2, 0.25) is 0 Å². The fraction of sp³-hybridized carbons (Fsp3) is 0.400. The quantitative estimate of drug-likeness (QED) is 0.350. The summed E-state index contributed by atoms with van der Waals surface area (Å²) >= 11 is 1.66. The lowest BCUT2D eigenvalue weighted by Gasteiger charge is -2.26. The maximum Gasteiger partial charge on any atom is 0.410 e. The fourth-order valence-electron chi connectivity index (χ4n) is 4.82. The lowest BCUT2D eigenvalue weighted by atomic mass is 10.1. The molecule has 0 bridgehead atoms. The van der Waals surface area contributed by atoms with Crippen LogP contribution in [0.1, 0.15) is 37.8 Å². The lowest BCUT2D eigenvalue weighted by Crippen LogP contribution is -2.39. The Kier molecular flexibility index (Phi) is 8.18. The second kappa shape index (κ2) is 11.8. The van der Waals surface area contributed by atoms with Gasteiger partial charge < -0.3 is 19.5 Å². The molecular formula is C30H36N6O3S. The maximum atomic E-state index is 13.1. The van der Waals surface area contributed by atoms with Crippen LogP contribution < -0.4 is 10.9 Å². The maximum absolute atomic E-state index is 13.1. The molecule has 5 rings (SSSR count). The molecular weight excluding hydrogens is 524 g/mol. The zero-order valence-electron chi connectivity index (χ0n) is 23.5. The van der Waals surface area contributed by atoms with E-state index >= 15 is 0 Å². The van der Waals surface area contributed by atoms with Crippen molar-refractivity contribution in [3.63, 3.8) is 0 Å². The van der Waals surface area contributed by atoms with Crippen LogP contribution in [0.3, 0.4) is 0 Å². The molecule has 1 aliphatic rings. The highest BCUT2D eigenvalue weighted by atomic mass is 32.1. The first kappa shape index (κ1) is 27.8. The monoisotopic (exact) mass is 560 g/mol. The van der Waals surface area contributed by atoms with Crippen LogP contribution in [0.5, 0.6) is 0 Å². The van der Waals surface area contributed by atoms with Crippen LogP contribution in [0.4, 0.5) is 10.6 Å². The molecule has 210 valence electrons. The Balaban J connectivity index is 1.34. The number of carbonyl (C=O) groups excluding carboxylic acids is 1. The third kappa shape index (κ3) is 6.68. The number of amides is 1. The number of aromatic nitrogens is 3. The van der Waals surface area contributed by atoms with E-state index in [1.807, 2.05) is 63.4 Å². The number of nitrogens with zero attached hydrogens (tertiary/aromatic N) is 5. The van der Waals surface area contributed by atoms with E-state index in [4.69, 9.17) is 4.74 Å². The Hall–Kier alpha value is -3.76. The van der Waals surface area contributed by atoms with Crippen molar-refractivity contribution in [2.45, 2.75) is 45.9 Å². The van der Waals surface area contributed by atoms with E-state index in [9.17, 15) is 9.59 Å². The van der Waals surface area contributed by atoms with Crippen molar-refractivity contribution in [3.8, 4) is 11.1 Å². The summed E-state index contributed by atoms with van der Waals surface area (Å²) in [6.45, 7) is 9.92. The summed E-state index contributed by atoms with van der Waals surface area (Å²) in [4.78, 5) is 39.8. The summed E-state index contributed by atoms with van der Waals surface area (Å²) in [5, 5.41) is 4.08.